The number of carbonyl (C=O) groups excluding carboxylic acids is 1. The smallest absolute Gasteiger partial charge is 0.168 e. The number of nitriles is 1. The van der Waals surface area contributed by atoms with E-state index in [-0.39, 0.29) is 0 Å². The molecule has 3 nitrogen and oxygen atoms in total. The van der Waals surface area contributed by atoms with Crippen molar-refractivity contribution in [1.82, 2.24) is 4.98 Å². The summed E-state index contributed by atoms with van der Waals surface area (Å²) in [7, 11) is 0. The number of halogens is 1. The topological polar surface area (TPSA) is 53.8 Å². The van der Waals surface area contributed by atoms with E-state index in [4.69, 9.17) is 16.9 Å². The van der Waals surface area contributed by atoms with Gasteiger partial charge >= 0.3 is 0 Å². The summed E-state index contributed by atoms with van der Waals surface area (Å²) in [5.74, 6) is 0. The van der Waals surface area contributed by atoms with Crippen LogP contribution < -0.4 is 0 Å². The van der Waals surface area contributed by atoms with Gasteiger partial charge in [0, 0.05) is 5.39 Å². The highest BCUT2D eigenvalue weighted by molar-refractivity contribution is 6.32. The summed E-state index contributed by atoms with van der Waals surface area (Å²) in [6, 6.07) is 8.57. The minimum atomic E-state index is 0.348. The monoisotopic (exact) mass is 216 g/mol. The van der Waals surface area contributed by atoms with Crippen LogP contribution in [0.3, 0.4) is 0 Å². The zero-order chi connectivity index (χ0) is 10.8. The Bertz CT molecular complexity index is 587. The molecule has 0 saturated heterocycles. The number of pyridine rings is 1. The van der Waals surface area contributed by atoms with E-state index in [0.717, 1.165) is 5.39 Å². The average Bonchev–Trinajstić information content (AvgIpc) is 2.27. The fraction of sp³-hybridized carbons (Fsp3) is 0. The molecule has 15 heavy (non-hydrogen) atoms. The van der Waals surface area contributed by atoms with Gasteiger partial charge in [-0.25, -0.2) is 4.98 Å². The molecule has 4 heteroatoms. The lowest BCUT2D eigenvalue weighted by atomic mass is 10.1. The molecule has 0 amide bonds. The number of benzene rings is 1. The molecule has 1 aromatic carbocycles. The highest BCUT2D eigenvalue weighted by Crippen LogP contribution is 2.22. The first-order chi connectivity index (χ1) is 7.24. The molecule has 0 fully saturated rings. The van der Waals surface area contributed by atoms with Crippen LogP contribution in [0.25, 0.3) is 10.9 Å². The summed E-state index contributed by atoms with van der Waals surface area (Å²) in [4.78, 5) is 14.6. The molecule has 0 radical (unpaired) electrons. The van der Waals surface area contributed by atoms with Crippen LogP contribution in [0.4, 0.5) is 0 Å². The molecule has 0 aliphatic carbocycles. The normalized spacial score (nSPS) is 9.87. The number of hydrogen-bond acceptors (Lipinski definition) is 3. The van der Waals surface area contributed by atoms with Crippen LogP contribution in [0.2, 0.25) is 5.02 Å². The SMILES string of the molecule is N#Cc1cc2ccc(C=O)nc2cc1Cl. The fourth-order valence-corrected chi connectivity index (χ4v) is 1.51. The Labute approximate surface area is 90.9 Å². The van der Waals surface area contributed by atoms with Crippen molar-refractivity contribution in [2.75, 3.05) is 0 Å². The van der Waals surface area contributed by atoms with Crippen LogP contribution in [-0.4, -0.2) is 11.3 Å². The van der Waals surface area contributed by atoms with Crippen LogP contribution in [0.5, 0.6) is 0 Å². The summed E-state index contributed by atoms with van der Waals surface area (Å²) in [5.41, 5.74) is 1.37. The Morgan fingerprint density at radius 2 is 2.20 bits per heavy atom. The first-order valence-corrected chi connectivity index (χ1v) is 4.58. The maximum atomic E-state index is 10.5. The number of nitrogens with zero attached hydrogens (tertiary/aromatic N) is 2. The third-order valence-electron chi connectivity index (χ3n) is 2.04. The van der Waals surface area contributed by atoms with Crippen molar-refractivity contribution >= 4 is 28.8 Å². The molecular weight excluding hydrogens is 212 g/mol. The summed E-state index contributed by atoms with van der Waals surface area (Å²) >= 11 is 5.85. The van der Waals surface area contributed by atoms with Crippen LogP contribution in [-0.2, 0) is 0 Å². The predicted molar refractivity (Wildman–Crippen MR) is 56.9 cm³/mol. The van der Waals surface area contributed by atoms with Gasteiger partial charge in [0.15, 0.2) is 6.29 Å². The van der Waals surface area contributed by atoms with Gasteiger partial charge in [-0.2, -0.15) is 5.26 Å². The third kappa shape index (κ3) is 1.67. The first-order valence-electron chi connectivity index (χ1n) is 4.20. The van der Waals surface area contributed by atoms with E-state index in [9.17, 15) is 4.79 Å². The maximum absolute atomic E-state index is 10.5. The molecule has 0 aliphatic rings. The number of fused-ring (bicyclic) bond motifs is 1. The zero-order valence-corrected chi connectivity index (χ0v) is 8.32. The summed E-state index contributed by atoms with van der Waals surface area (Å²) < 4.78 is 0. The third-order valence-corrected chi connectivity index (χ3v) is 2.35. The lowest BCUT2D eigenvalue weighted by Gasteiger charge is -2.00. The average molecular weight is 217 g/mol. The number of aromatic nitrogens is 1. The van der Waals surface area contributed by atoms with Crippen molar-refractivity contribution in [1.29, 1.82) is 5.26 Å². The Morgan fingerprint density at radius 1 is 1.40 bits per heavy atom. The molecule has 72 valence electrons. The molecular formula is C11H5ClN2O. The van der Waals surface area contributed by atoms with Crippen molar-refractivity contribution < 1.29 is 4.79 Å². The second-order valence-corrected chi connectivity index (χ2v) is 3.40. The standard InChI is InChI=1S/C11H5ClN2O/c12-10-4-11-7(3-8(10)5-13)1-2-9(6-15)14-11/h1-4,6H. The van der Waals surface area contributed by atoms with Crippen molar-refractivity contribution in [3.8, 4) is 6.07 Å². The van der Waals surface area contributed by atoms with Gasteiger partial charge in [-0.05, 0) is 18.2 Å². The Kier molecular flexibility index (Phi) is 2.36. The lowest BCUT2D eigenvalue weighted by Crippen LogP contribution is -1.88. The lowest BCUT2D eigenvalue weighted by molar-refractivity contribution is 0.111. The predicted octanol–water partition coefficient (Wildman–Crippen LogP) is 2.57. The second kappa shape index (κ2) is 3.68. The summed E-state index contributed by atoms with van der Waals surface area (Å²) in [6.45, 7) is 0. The number of hydrogen-bond donors (Lipinski definition) is 0. The van der Waals surface area contributed by atoms with Gasteiger partial charge < -0.3 is 0 Å². The zero-order valence-electron chi connectivity index (χ0n) is 7.57. The molecule has 0 aliphatic heterocycles. The minimum Gasteiger partial charge on any atom is -0.296 e. The van der Waals surface area contributed by atoms with Gasteiger partial charge in [0.2, 0.25) is 0 Å². The highest BCUT2D eigenvalue weighted by Gasteiger charge is 2.04. The number of aldehydes is 1. The van der Waals surface area contributed by atoms with Gasteiger partial charge in [0.25, 0.3) is 0 Å². The van der Waals surface area contributed by atoms with E-state index in [1.165, 1.54) is 0 Å². The molecule has 2 aromatic rings. The van der Waals surface area contributed by atoms with Gasteiger partial charge in [0.05, 0.1) is 16.1 Å². The van der Waals surface area contributed by atoms with Crippen molar-refractivity contribution in [2.24, 2.45) is 0 Å². The summed E-state index contributed by atoms with van der Waals surface area (Å²) in [6.07, 6.45) is 0.672. The number of rotatable bonds is 1. The Morgan fingerprint density at radius 3 is 2.87 bits per heavy atom. The van der Waals surface area contributed by atoms with Crippen molar-refractivity contribution in [2.45, 2.75) is 0 Å². The van der Waals surface area contributed by atoms with Gasteiger partial charge in [-0.3, -0.25) is 4.79 Å². The summed E-state index contributed by atoms with van der Waals surface area (Å²) in [5, 5.41) is 9.91. The van der Waals surface area contributed by atoms with Crippen LogP contribution in [0, 0.1) is 11.3 Å². The Balaban J connectivity index is 2.77. The van der Waals surface area contributed by atoms with E-state index in [1.807, 2.05) is 6.07 Å². The van der Waals surface area contributed by atoms with E-state index in [1.54, 1.807) is 24.3 Å². The van der Waals surface area contributed by atoms with Gasteiger partial charge in [0.1, 0.15) is 11.8 Å². The first kappa shape index (κ1) is 9.63. The molecule has 0 atom stereocenters. The van der Waals surface area contributed by atoms with Crippen LogP contribution >= 0.6 is 11.6 Å². The molecule has 0 N–H and O–H groups in total. The molecule has 2 rings (SSSR count). The van der Waals surface area contributed by atoms with Crippen LogP contribution in [0.1, 0.15) is 16.1 Å². The molecule has 0 unspecified atom stereocenters. The van der Waals surface area contributed by atoms with Crippen molar-refractivity contribution in [3.63, 3.8) is 0 Å². The highest BCUT2D eigenvalue weighted by atomic mass is 35.5. The molecule has 0 bridgehead atoms. The van der Waals surface area contributed by atoms with E-state index in [2.05, 4.69) is 4.98 Å². The maximum Gasteiger partial charge on any atom is 0.168 e. The Hall–Kier alpha value is -1.92. The molecule has 0 saturated carbocycles. The number of carbonyl (C=O) groups is 1. The van der Waals surface area contributed by atoms with Crippen molar-refractivity contribution in [3.05, 3.63) is 40.5 Å². The largest absolute Gasteiger partial charge is 0.296 e. The van der Waals surface area contributed by atoms with E-state index < -0.39 is 0 Å². The fourth-order valence-electron chi connectivity index (χ4n) is 1.31. The van der Waals surface area contributed by atoms with E-state index >= 15 is 0 Å². The second-order valence-electron chi connectivity index (χ2n) is 2.99. The van der Waals surface area contributed by atoms with Crippen LogP contribution in [0.15, 0.2) is 24.3 Å². The molecule has 0 spiro atoms. The van der Waals surface area contributed by atoms with Gasteiger partial charge in [-0.15, -0.1) is 0 Å². The van der Waals surface area contributed by atoms with E-state index in [0.29, 0.717) is 28.1 Å². The van der Waals surface area contributed by atoms with Gasteiger partial charge in [-0.1, -0.05) is 17.7 Å². The molecule has 1 heterocycles. The minimum absolute atomic E-state index is 0.348. The quantitative estimate of drug-likeness (QED) is 0.689. The molecule has 1 aromatic heterocycles.